The van der Waals surface area contributed by atoms with Crippen LogP contribution in [0.3, 0.4) is 0 Å². The Morgan fingerprint density at radius 2 is 2.28 bits per heavy atom. The number of carbonyl (C=O) groups is 1. The standard InChI is InChI=1S/C13H16N2O3/c1-9(7-14)8-15(2)13(17)10-5-4-6-11(18-3)12(10)16/h4-6,9,16H,8H2,1-3H3. The summed E-state index contributed by atoms with van der Waals surface area (Å²) in [6.45, 7) is 2.04. The maximum absolute atomic E-state index is 12.1. The van der Waals surface area contributed by atoms with Crippen LogP contribution in [0.15, 0.2) is 18.2 Å². The van der Waals surface area contributed by atoms with Gasteiger partial charge in [0.25, 0.3) is 5.91 Å². The highest BCUT2D eigenvalue weighted by atomic mass is 16.5. The van der Waals surface area contributed by atoms with Crippen LogP contribution < -0.4 is 4.74 Å². The molecule has 1 aromatic carbocycles. The maximum atomic E-state index is 12.1. The Labute approximate surface area is 106 Å². The zero-order valence-corrected chi connectivity index (χ0v) is 10.7. The van der Waals surface area contributed by atoms with Gasteiger partial charge in [-0.2, -0.15) is 5.26 Å². The molecule has 18 heavy (non-hydrogen) atoms. The SMILES string of the molecule is COc1cccc(C(=O)N(C)CC(C)C#N)c1O. The number of rotatable bonds is 4. The Morgan fingerprint density at radius 1 is 1.61 bits per heavy atom. The number of hydrogen-bond acceptors (Lipinski definition) is 4. The van der Waals surface area contributed by atoms with E-state index in [9.17, 15) is 9.90 Å². The van der Waals surface area contributed by atoms with Gasteiger partial charge in [0.2, 0.25) is 0 Å². The van der Waals surface area contributed by atoms with E-state index in [-0.39, 0.29) is 28.9 Å². The minimum Gasteiger partial charge on any atom is -0.504 e. The Hall–Kier alpha value is -2.22. The lowest BCUT2D eigenvalue weighted by Crippen LogP contribution is -2.30. The zero-order valence-electron chi connectivity index (χ0n) is 10.7. The predicted octanol–water partition coefficient (Wildman–Crippen LogP) is 1.63. The number of methoxy groups -OCH3 is 1. The van der Waals surface area contributed by atoms with Crippen LogP contribution in [0.1, 0.15) is 17.3 Å². The largest absolute Gasteiger partial charge is 0.504 e. The normalized spacial score (nSPS) is 11.4. The molecule has 0 heterocycles. The van der Waals surface area contributed by atoms with E-state index in [1.54, 1.807) is 26.1 Å². The summed E-state index contributed by atoms with van der Waals surface area (Å²) in [5.74, 6) is -0.524. The quantitative estimate of drug-likeness (QED) is 0.878. The second-order valence-corrected chi connectivity index (χ2v) is 4.07. The lowest BCUT2D eigenvalue weighted by atomic mass is 10.1. The summed E-state index contributed by atoms with van der Waals surface area (Å²) in [5, 5.41) is 18.6. The van der Waals surface area contributed by atoms with Crippen LogP contribution in [0.4, 0.5) is 0 Å². The average molecular weight is 248 g/mol. The molecule has 96 valence electrons. The fraction of sp³-hybridized carbons (Fsp3) is 0.385. The predicted molar refractivity (Wildman–Crippen MR) is 66.4 cm³/mol. The number of ether oxygens (including phenoxy) is 1. The number of hydrogen-bond donors (Lipinski definition) is 1. The van der Waals surface area contributed by atoms with Gasteiger partial charge in [0.1, 0.15) is 0 Å². The van der Waals surface area contributed by atoms with Crippen LogP contribution in [-0.4, -0.2) is 36.6 Å². The highest BCUT2D eigenvalue weighted by Gasteiger charge is 2.19. The van der Waals surface area contributed by atoms with Gasteiger partial charge < -0.3 is 14.7 Å². The number of phenols is 1. The van der Waals surface area contributed by atoms with Crippen molar-refractivity contribution in [1.82, 2.24) is 4.90 Å². The van der Waals surface area contributed by atoms with Crippen molar-refractivity contribution in [3.05, 3.63) is 23.8 Å². The van der Waals surface area contributed by atoms with Crippen LogP contribution in [0.25, 0.3) is 0 Å². The lowest BCUT2D eigenvalue weighted by Gasteiger charge is -2.19. The maximum Gasteiger partial charge on any atom is 0.257 e. The third-order valence-corrected chi connectivity index (χ3v) is 2.56. The third-order valence-electron chi connectivity index (χ3n) is 2.56. The van der Waals surface area contributed by atoms with Crippen LogP contribution in [0.2, 0.25) is 0 Å². The second kappa shape index (κ2) is 5.92. The van der Waals surface area contributed by atoms with Crippen LogP contribution in [-0.2, 0) is 0 Å². The molecule has 0 saturated heterocycles. The van der Waals surface area contributed by atoms with Crippen LogP contribution in [0.5, 0.6) is 11.5 Å². The lowest BCUT2D eigenvalue weighted by molar-refractivity contribution is 0.0781. The summed E-state index contributed by atoms with van der Waals surface area (Å²) in [5.41, 5.74) is 0.169. The Bertz CT molecular complexity index is 480. The molecule has 1 N–H and O–H groups in total. The topological polar surface area (TPSA) is 73.6 Å². The Morgan fingerprint density at radius 3 is 2.83 bits per heavy atom. The van der Waals surface area contributed by atoms with Crippen molar-refractivity contribution in [2.24, 2.45) is 5.92 Å². The van der Waals surface area contributed by atoms with E-state index in [2.05, 4.69) is 6.07 Å². The molecule has 0 spiro atoms. The molecule has 0 aliphatic carbocycles. The van der Waals surface area contributed by atoms with E-state index in [0.717, 1.165) is 0 Å². The second-order valence-electron chi connectivity index (χ2n) is 4.07. The van der Waals surface area contributed by atoms with E-state index in [4.69, 9.17) is 10.00 Å². The minimum atomic E-state index is -0.339. The molecule has 0 aromatic heterocycles. The molecule has 0 saturated carbocycles. The molecule has 1 atom stereocenters. The van der Waals surface area contributed by atoms with Gasteiger partial charge in [-0.3, -0.25) is 4.79 Å². The van der Waals surface area contributed by atoms with Crippen LogP contribution >= 0.6 is 0 Å². The summed E-state index contributed by atoms with van der Waals surface area (Å²) in [7, 11) is 3.01. The smallest absolute Gasteiger partial charge is 0.257 e. The highest BCUT2D eigenvalue weighted by molar-refractivity contribution is 5.97. The van der Waals surface area contributed by atoms with E-state index < -0.39 is 0 Å². The van der Waals surface area contributed by atoms with E-state index in [0.29, 0.717) is 6.54 Å². The fourth-order valence-corrected chi connectivity index (χ4v) is 1.60. The molecule has 0 bridgehead atoms. The summed E-state index contributed by atoms with van der Waals surface area (Å²) in [4.78, 5) is 13.5. The molecule has 0 aliphatic rings. The fourth-order valence-electron chi connectivity index (χ4n) is 1.60. The molecule has 1 unspecified atom stereocenters. The van der Waals surface area contributed by atoms with Crippen molar-refractivity contribution in [1.29, 1.82) is 5.26 Å². The molecule has 0 fully saturated rings. The zero-order chi connectivity index (χ0) is 13.7. The van der Waals surface area contributed by atoms with Crippen molar-refractivity contribution in [2.45, 2.75) is 6.92 Å². The summed E-state index contributed by atoms with van der Waals surface area (Å²) in [6, 6.07) is 6.79. The number of nitrogens with zero attached hydrogens (tertiary/aromatic N) is 2. The van der Waals surface area contributed by atoms with Crippen LogP contribution in [0, 0.1) is 17.2 Å². The number of benzene rings is 1. The summed E-state index contributed by atoms with van der Waals surface area (Å²) < 4.78 is 4.94. The Balaban J connectivity index is 2.94. The number of nitriles is 1. The van der Waals surface area contributed by atoms with Crippen molar-refractivity contribution < 1.29 is 14.6 Å². The number of amides is 1. The van der Waals surface area contributed by atoms with Gasteiger partial charge in [-0.15, -0.1) is 0 Å². The molecule has 5 heteroatoms. The summed E-state index contributed by atoms with van der Waals surface area (Å²) in [6.07, 6.45) is 0. The first-order valence-electron chi connectivity index (χ1n) is 5.52. The molecule has 0 aliphatic heterocycles. The van der Waals surface area contributed by atoms with Gasteiger partial charge in [-0.25, -0.2) is 0 Å². The first-order valence-corrected chi connectivity index (χ1v) is 5.52. The summed E-state index contributed by atoms with van der Waals surface area (Å²) >= 11 is 0. The first kappa shape index (κ1) is 13.8. The van der Waals surface area contributed by atoms with Gasteiger partial charge in [0.05, 0.1) is 24.7 Å². The number of phenolic OH excluding ortho intramolecular Hbond substituents is 1. The van der Waals surface area contributed by atoms with Crippen molar-refractivity contribution >= 4 is 5.91 Å². The number of para-hydroxylation sites is 1. The monoisotopic (exact) mass is 248 g/mol. The highest BCUT2D eigenvalue weighted by Crippen LogP contribution is 2.30. The van der Waals surface area contributed by atoms with E-state index in [1.807, 2.05) is 0 Å². The van der Waals surface area contributed by atoms with Crippen molar-refractivity contribution in [3.8, 4) is 17.6 Å². The molecular formula is C13H16N2O3. The van der Waals surface area contributed by atoms with Gasteiger partial charge in [-0.05, 0) is 19.1 Å². The third kappa shape index (κ3) is 2.92. The molecule has 1 aromatic rings. The van der Waals surface area contributed by atoms with Gasteiger partial charge >= 0.3 is 0 Å². The number of aromatic hydroxyl groups is 1. The average Bonchev–Trinajstić information content (AvgIpc) is 2.38. The van der Waals surface area contributed by atoms with Gasteiger partial charge in [-0.1, -0.05) is 6.07 Å². The molecule has 1 rings (SSSR count). The molecular weight excluding hydrogens is 232 g/mol. The minimum absolute atomic E-state index is 0.169. The van der Waals surface area contributed by atoms with Crippen molar-refractivity contribution in [2.75, 3.05) is 20.7 Å². The molecule has 0 radical (unpaired) electrons. The van der Waals surface area contributed by atoms with Gasteiger partial charge in [0.15, 0.2) is 11.5 Å². The Kier molecular flexibility index (Phi) is 4.55. The molecule has 5 nitrogen and oxygen atoms in total. The van der Waals surface area contributed by atoms with E-state index >= 15 is 0 Å². The first-order chi connectivity index (χ1) is 8.51. The van der Waals surface area contributed by atoms with Gasteiger partial charge in [0, 0.05) is 13.6 Å². The number of carbonyl (C=O) groups excluding carboxylic acids is 1. The molecule has 1 amide bonds. The van der Waals surface area contributed by atoms with Crippen molar-refractivity contribution in [3.63, 3.8) is 0 Å². The van der Waals surface area contributed by atoms with E-state index in [1.165, 1.54) is 18.1 Å².